The van der Waals surface area contributed by atoms with Crippen molar-refractivity contribution >= 4 is 17.1 Å². The highest BCUT2D eigenvalue weighted by molar-refractivity contribution is 7.09. The Kier molecular flexibility index (Phi) is 3.86. The van der Waals surface area contributed by atoms with Gasteiger partial charge in [-0.05, 0) is 11.4 Å². The predicted octanol–water partition coefficient (Wildman–Crippen LogP) is 2.72. The van der Waals surface area contributed by atoms with Gasteiger partial charge in [0.15, 0.2) is 5.78 Å². The molecule has 0 spiro atoms. The van der Waals surface area contributed by atoms with Crippen LogP contribution in [-0.2, 0) is 6.54 Å². The lowest BCUT2D eigenvalue weighted by Crippen LogP contribution is -2.22. The topological polar surface area (TPSA) is 29.1 Å². The first kappa shape index (κ1) is 11.0. The summed E-state index contributed by atoms with van der Waals surface area (Å²) < 4.78 is 0. The Bertz CT molecular complexity index is 436. The summed E-state index contributed by atoms with van der Waals surface area (Å²) in [5, 5.41) is 5.18. The number of thiophene rings is 1. The molecule has 3 heteroatoms. The van der Waals surface area contributed by atoms with Gasteiger partial charge in [0, 0.05) is 17.0 Å². The third-order valence-corrected chi connectivity index (χ3v) is 3.14. The van der Waals surface area contributed by atoms with E-state index in [1.165, 1.54) is 4.88 Å². The summed E-state index contributed by atoms with van der Waals surface area (Å²) in [6.45, 7) is 1.15. The molecule has 0 aliphatic heterocycles. The number of ketones is 1. The highest BCUT2D eigenvalue weighted by atomic mass is 32.1. The molecule has 0 radical (unpaired) electrons. The highest BCUT2D eigenvalue weighted by Crippen LogP contribution is 2.07. The van der Waals surface area contributed by atoms with E-state index in [2.05, 4.69) is 11.4 Å². The molecule has 1 heterocycles. The van der Waals surface area contributed by atoms with Crippen LogP contribution >= 0.6 is 11.3 Å². The maximum absolute atomic E-state index is 11.7. The van der Waals surface area contributed by atoms with Crippen LogP contribution < -0.4 is 5.32 Å². The van der Waals surface area contributed by atoms with Gasteiger partial charge in [0.2, 0.25) is 0 Å². The number of carbonyl (C=O) groups is 1. The molecule has 0 aliphatic rings. The molecule has 1 N–H and O–H groups in total. The fourth-order valence-corrected chi connectivity index (χ4v) is 2.11. The quantitative estimate of drug-likeness (QED) is 0.802. The van der Waals surface area contributed by atoms with E-state index in [0.29, 0.717) is 6.54 Å². The molecule has 0 aliphatic carbocycles. The third kappa shape index (κ3) is 3.02. The van der Waals surface area contributed by atoms with Gasteiger partial charge in [0.1, 0.15) is 0 Å². The van der Waals surface area contributed by atoms with Crippen LogP contribution in [-0.4, -0.2) is 12.3 Å². The van der Waals surface area contributed by atoms with E-state index in [1.807, 2.05) is 41.8 Å². The summed E-state index contributed by atoms with van der Waals surface area (Å²) in [7, 11) is 0. The molecule has 2 nitrogen and oxygen atoms in total. The second-order valence-corrected chi connectivity index (χ2v) is 4.50. The third-order valence-electron chi connectivity index (χ3n) is 2.26. The summed E-state index contributed by atoms with van der Waals surface area (Å²) in [6, 6.07) is 13.4. The van der Waals surface area contributed by atoms with Gasteiger partial charge in [-0.15, -0.1) is 11.3 Å². The smallest absolute Gasteiger partial charge is 0.176 e. The van der Waals surface area contributed by atoms with E-state index in [0.717, 1.165) is 12.1 Å². The van der Waals surface area contributed by atoms with Crippen molar-refractivity contribution < 1.29 is 4.79 Å². The Labute approximate surface area is 98.9 Å². The molecule has 1 aromatic heterocycles. The van der Waals surface area contributed by atoms with Gasteiger partial charge >= 0.3 is 0 Å². The molecule has 0 unspecified atom stereocenters. The summed E-state index contributed by atoms with van der Waals surface area (Å²) in [5.41, 5.74) is 0.765. The van der Waals surface area contributed by atoms with E-state index in [-0.39, 0.29) is 5.78 Å². The molecule has 0 atom stereocenters. The largest absolute Gasteiger partial charge is 0.305 e. The zero-order valence-electron chi connectivity index (χ0n) is 8.85. The molecule has 0 bridgehead atoms. The number of hydrogen-bond acceptors (Lipinski definition) is 3. The number of carbonyl (C=O) groups excluding carboxylic acids is 1. The van der Waals surface area contributed by atoms with Crippen molar-refractivity contribution in [2.45, 2.75) is 6.54 Å². The molecule has 2 rings (SSSR count). The van der Waals surface area contributed by atoms with Gasteiger partial charge in [0.05, 0.1) is 6.54 Å². The molecule has 0 saturated carbocycles. The monoisotopic (exact) mass is 231 g/mol. The molecule has 16 heavy (non-hydrogen) atoms. The molecule has 0 amide bonds. The SMILES string of the molecule is O=C(CNCc1cccs1)c1ccccc1. The van der Waals surface area contributed by atoms with Crippen LogP contribution in [0.15, 0.2) is 47.8 Å². The highest BCUT2D eigenvalue weighted by Gasteiger charge is 2.03. The summed E-state index contributed by atoms with van der Waals surface area (Å²) in [4.78, 5) is 13.0. The molecule has 82 valence electrons. The molecular formula is C13H13NOS. The summed E-state index contributed by atoms with van der Waals surface area (Å²) in [5.74, 6) is 0.136. The number of rotatable bonds is 5. The minimum absolute atomic E-state index is 0.136. The van der Waals surface area contributed by atoms with Crippen molar-refractivity contribution in [2.24, 2.45) is 0 Å². The van der Waals surface area contributed by atoms with Gasteiger partial charge in [-0.2, -0.15) is 0 Å². The fourth-order valence-electron chi connectivity index (χ4n) is 1.44. The molecule has 1 aromatic carbocycles. The lowest BCUT2D eigenvalue weighted by Gasteiger charge is -2.02. The second kappa shape index (κ2) is 5.58. The lowest BCUT2D eigenvalue weighted by atomic mass is 10.1. The second-order valence-electron chi connectivity index (χ2n) is 3.47. The Hall–Kier alpha value is -1.45. The van der Waals surface area contributed by atoms with E-state index in [9.17, 15) is 4.79 Å². The van der Waals surface area contributed by atoms with Crippen LogP contribution in [0.25, 0.3) is 0 Å². The van der Waals surface area contributed by atoms with Crippen molar-refractivity contribution in [3.05, 3.63) is 58.3 Å². The predicted molar refractivity (Wildman–Crippen MR) is 66.8 cm³/mol. The van der Waals surface area contributed by atoms with Crippen molar-refractivity contribution in [2.75, 3.05) is 6.54 Å². The first-order valence-electron chi connectivity index (χ1n) is 5.17. The van der Waals surface area contributed by atoms with Crippen molar-refractivity contribution in [1.29, 1.82) is 0 Å². The Balaban J connectivity index is 1.81. The maximum atomic E-state index is 11.7. The van der Waals surface area contributed by atoms with Crippen molar-refractivity contribution in [3.8, 4) is 0 Å². The Morgan fingerprint density at radius 2 is 1.94 bits per heavy atom. The molecule has 2 aromatic rings. The van der Waals surface area contributed by atoms with Crippen LogP contribution in [0.5, 0.6) is 0 Å². The molecule has 0 saturated heterocycles. The Morgan fingerprint density at radius 3 is 2.62 bits per heavy atom. The summed E-state index contributed by atoms with van der Waals surface area (Å²) >= 11 is 1.70. The van der Waals surface area contributed by atoms with Crippen LogP contribution in [0.1, 0.15) is 15.2 Å². The summed E-state index contributed by atoms with van der Waals surface area (Å²) in [6.07, 6.45) is 0. The zero-order valence-corrected chi connectivity index (χ0v) is 9.67. The minimum atomic E-state index is 0.136. The van der Waals surface area contributed by atoms with Gasteiger partial charge < -0.3 is 5.32 Å². The van der Waals surface area contributed by atoms with E-state index < -0.39 is 0 Å². The number of hydrogen-bond donors (Lipinski definition) is 1. The van der Waals surface area contributed by atoms with E-state index in [1.54, 1.807) is 11.3 Å². The molecule has 0 fully saturated rings. The maximum Gasteiger partial charge on any atom is 0.176 e. The van der Waals surface area contributed by atoms with E-state index >= 15 is 0 Å². The lowest BCUT2D eigenvalue weighted by molar-refractivity contribution is 0.0991. The van der Waals surface area contributed by atoms with Crippen molar-refractivity contribution in [1.82, 2.24) is 5.32 Å². The van der Waals surface area contributed by atoms with Gasteiger partial charge in [0.25, 0.3) is 0 Å². The van der Waals surface area contributed by atoms with Crippen LogP contribution in [0.2, 0.25) is 0 Å². The Morgan fingerprint density at radius 1 is 1.12 bits per heavy atom. The van der Waals surface area contributed by atoms with Crippen molar-refractivity contribution in [3.63, 3.8) is 0 Å². The van der Waals surface area contributed by atoms with E-state index in [4.69, 9.17) is 0 Å². The molecular weight excluding hydrogens is 218 g/mol. The van der Waals surface area contributed by atoms with Crippen LogP contribution in [0, 0.1) is 0 Å². The van der Waals surface area contributed by atoms with Gasteiger partial charge in [-0.3, -0.25) is 4.79 Å². The number of Topliss-reactive ketones (excluding diaryl/α,β-unsaturated/α-hetero) is 1. The number of nitrogens with one attached hydrogen (secondary N) is 1. The average molecular weight is 231 g/mol. The minimum Gasteiger partial charge on any atom is -0.305 e. The number of benzene rings is 1. The van der Waals surface area contributed by atoms with Gasteiger partial charge in [-0.1, -0.05) is 36.4 Å². The fraction of sp³-hybridized carbons (Fsp3) is 0.154. The standard InChI is InChI=1S/C13H13NOS/c15-13(11-5-2-1-3-6-11)10-14-9-12-7-4-8-16-12/h1-8,14H,9-10H2. The van der Waals surface area contributed by atoms with Gasteiger partial charge in [-0.25, -0.2) is 0 Å². The first-order valence-corrected chi connectivity index (χ1v) is 6.05. The average Bonchev–Trinajstić information content (AvgIpc) is 2.83. The normalized spacial score (nSPS) is 10.2. The zero-order chi connectivity index (χ0) is 11.2. The van der Waals surface area contributed by atoms with Crippen LogP contribution in [0.3, 0.4) is 0 Å². The first-order chi connectivity index (χ1) is 7.86. The van der Waals surface area contributed by atoms with Crippen LogP contribution in [0.4, 0.5) is 0 Å².